The Morgan fingerprint density at radius 1 is 1.23 bits per heavy atom. The van der Waals surface area contributed by atoms with Crippen LogP contribution in [0, 0.1) is 28.9 Å². The molecule has 0 atom stereocenters. The van der Waals surface area contributed by atoms with E-state index in [0.717, 1.165) is 32.1 Å². The van der Waals surface area contributed by atoms with Crippen molar-refractivity contribution in [3.05, 3.63) is 47.5 Å². The summed E-state index contributed by atoms with van der Waals surface area (Å²) in [5, 5.41) is 8.66. The van der Waals surface area contributed by atoms with Crippen molar-refractivity contribution < 1.29 is 13.5 Å². The highest BCUT2D eigenvalue weighted by molar-refractivity contribution is 5.35. The summed E-state index contributed by atoms with van der Waals surface area (Å²) < 4.78 is 32.8. The summed E-state index contributed by atoms with van der Waals surface area (Å²) in [6, 6.07) is 4.10. The van der Waals surface area contributed by atoms with Crippen LogP contribution in [-0.4, -0.2) is 12.7 Å². The van der Waals surface area contributed by atoms with Crippen LogP contribution < -0.4 is 0 Å². The van der Waals surface area contributed by atoms with E-state index in [1.54, 1.807) is 12.1 Å². The van der Waals surface area contributed by atoms with E-state index in [1.807, 2.05) is 0 Å². The molecule has 4 heteroatoms. The third-order valence-electron chi connectivity index (χ3n) is 4.30. The molecule has 1 aromatic carbocycles. The lowest BCUT2D eigenvalue weighted by Crippen LogP contribution is -2.22. The second kappa shape index (κ2) is 8.05. The number of aryl methyl sites for hydroxylation is 1. The van der Waals surface area contributed by atoms with Gasteiger partial charge in [0.15, 0.2) is 0 Å². The highest BCUT2D eigenvalue weighted by Crippen LogP contribution is 2.30. The van der Waals surface area contributed by atoms with Crippen molar-refractivity contribution in [2.75, 3.05) is 6.61 Å². The first kappa shape index (κ1) is 16.6. The van der Waals surface area contributed by atoms with Gasteiger partial charge in [-0.25, -0.2) is 8.78 Å². The molecule has 0 spiro atoms. The smallest absolute Gasteiger partial charge is 0.144 e. The van der Waals surface area contributed by atoms with E-state index in [0.29, 0.717) is 30.6 Å². The molecule has 0 bridgehead atoms. The second-order valence-corrected chi connectivity index (χ2v) is 5.85. The summed E-state index contributed by atoms with van der Waals surface area (Å²) in [4.78, 5) is 0. The van der Waals surface area contributed by atoms with Crippen LogP contribution in [0.3, 0.4) is 0 Å². The Morgan fingerprint density at radius 3 is 2.41 bits per heavy atom. The molecule has 22 heavy (non-hydrogen) atoms. The minimum atomic E-state index is -0.765. The number of hydrogen-bond acceptors (Lipinski definition) is 2. The first-order valence-electron chi connectivity index (χ1n) is 7.74. The molecule has 0 unspecified atom stereocenters. The maximum atomic E-state index is 13.6. The van der Waals surface area contributed by atoms with E-state index < -0.39 is 17.2 Å². The molecule has 0 amide bonds. The predicted octanol–water partition coefficient (Wildman–Crippen LogP) is 4.53. The minimum absolute atomic E-state index is 0.319. The van der Waals surface area contributed by atoms with Gasteiger partial charge in [-0.3, -0.25) is 0 Å². The van der Waals surface area contributed by atoms with Crippen molar-refractivity contribution >= 4 is 0 Å². The van der Waals surface area contributed by atoms with Crippen LogP contribution in [0.5, 0.6) is 0 Å². The van der Waals surface area contributed by atoms with E-state index in [9.17, 15) is 8.78 Å². The van der Waals surface area contributed by atoms with Crippen LogP contribution in [0.25, 0.3) is 0 Å². The lowest BCUT2D eigenvalue weighted by atomic mass is 9.83. The SMILES string of the molecule is C=CCOC1CCC(CCc2cc(F)c(C#N)c(F)c2)CC1. The fourth-order valence-electron chi connectivity index (χ4n) is 3.04. The predicted molar refractivity (Wildman–Crippen MR) is 81.3 cm³/mol. The largest absolute Gasteiger partial charge is 0.374 e. The monoisotopic (exact) mass is 305 g/mol. The van der Waals surface area contributed by atoms with Gasteiger partial charge < -0.3 is 4.74 Å². The molecule has 1 aliphatic rings. The van der Waals surface area contributed by atoms with Gasteiger partial charge >= 0.3 is 0 Å². The molecule has 0 aromatic heterocycles. The first-order chi connectivity index (χ1) is 10.6. The fourth-order valence-corrected chi connectivity index (χ4v) is 3.04. The molecule has 1 saturated carbocycles. The molecular formula is C18H21F2NO. The van der Waals surface area contributed by atoms with Crippen molar-refractivity contribution in [1.29, 1.82) is 5.26 Å². The molecule has 0 radical (unpaired) electrons. The highest BCUT2D eigenvalue weighted by Gasteiger charge is 2.21. The zero-order valence-electron chi connectivity index (χ0n) is 12.7. The van der Waals surface area contributed by atoms with Gasteiger partial charge in [-0.15, -0.1) is 6.58 Å². The van der Waals surface area contributed by atoms with E-state index in [1.165, 1.54) is 12.1 Å². The molecule has 1 aromatic rings. The van der Waals surface area contributed by atoms with Crippen LogP contribution in [0.1, 0.15) is 43.2 Å². The van der Waals surface area contributed by atoms with Crippen molar-refractivity contribution in [3.8, 4) is 6.07 Å². The minimum Gasteiger partial charge on any atom is -0.374 e. The van der Waals surface area contributed by atoms with Gasteiger partial charge in [0.05, 0.1) is 12.7 Å². The Morgan fingerprint density at radius 2 is 1.86 bits per heavy atom. The lowest BCUT2D eigenvalue weighted by molar-refractivity contribution is 0.0338. The van der Waals surface area contributed by atoms with Gasteiger partial charge in [0, 0.05) is 0 Å². The van der Waals surface area contributed by atoms with Crippen LogP contribution in [0.15, 0.2) is 24.8 Å². The molecule has 0 aliphatic heterocycles. The van der Waals surface area contributed by atoms with Gasteiger partial charge in [0.2, 0.25) is 0 Å². The van der Waals surface area contributed by atoms with Gasteiger partial charge in [0.25, 0.3) is 0 Å². The normalized spacial score (nSPS) is 21.3. The summed E-state index contributed by atoms with van der Waals surface area (Å²) >= 11 is 0. The number of rotatable bonds is 6. The molecule has 2 nitrogen and oxygen atoms in total. The van der Waals surface area contributed by atoms with Crippen molar-refractivity contribution in [2.24, 2.45) is 5.92 Å². The Kier molecular flexibility index (Phi) is 6.09. The van der Waals surface area contributed by atoms with E-state index >= 15 is 0 Å². The van der Waals surface area contributed by atoms with Gasteiger partial charge in [-0.2, -0.15) is 5.26 Å². The maximum Gasteiger partial charge on any atom is 0.144 e. The highest BCUT2D eigenvalue weighted by atomic mass is 19.1. The van der Waals surface area contributed by atoms with Gasteiger partial charge in [0.1, 0.15) is 23.3 Å². The number of nitriles is 1. The first-order valence-corrected chi connectivity index (χ1v) is 7.74. The summed E-state index contributed by atoms with van der Waals surface area (Å²) in [5.41, 5.74) is 0.127. The Balaban J connectivity index is 1.82. The Hall–Kier alpha value is -1.73. The Labute approximate surface area is 130 Å². The number of nitrogens with zero attached hydrogens (tertiary/aromatic N) is 1. The quantitative estimate of drug-likeness (QED) is 0.723. The summed E-state index contributed by atoms with van der Waals surface area (Å²) in [6.45, 7) is 4.24. The van der Waals surface area contributed by atoms with Crippen LogP contribution in [0.4, 0.5) is 8.78 Å². The number of halogens is 2. The molecule has 0 saturated heterocycles. The van der Waals surface area contributed by atoms with Crippen molar-refractivity contribution in [3.63, 3.8) is 0 Å². The standard InChI is InChI=1S/C18H21F2NO/c1-2-9-22-15-7-5-13(6-8-15)3-4-14-10-17(19)16(12-21)18(20)11-14/h2,10-11,13,15H,1,3-9H2. The molecule has 1 fully saturated rings. The van der Waals surface area contributed by atoms with Gasteiger partial charge in [-0.05, 0) is 62.1 Å². The fraction of sp³-hybridized carbons (Fsp3) is 0.500. The lowest BCUT2D eigenvalue weighted by Gasteiger charge is -2.28. The zero-order valence-corrected chi connectivity index (χ0v) is 12.7. The summed E-state index contributed by atoms with van der Waals surface area (Å²) in [7, 11) is 0. The topological polar surface area (TPSA) is 33.0 Å². The maximum absolute atomic E-state index is 13.6. The third kappa shape index (κ3) is 4.38. The van der Waals surface area contributed by atoms with Crippen molar-refractivity contribution in [1.82, 2.24) is 0 Å². The van der Waals surface area contributed by atoms with Crippen LogP contribution in [0.2, 0.25) is 0 Å². The van der Waals surface area contributed by atoms with E-state index in [4.69, 9.17) is 10.00 Å². The van der Waals surface area contributed by atoms with Crippen LogP contribution >= 0.6 is 0 Å². The van der Waals surface area contributed by atoms with Crippen LogP contribution in [-0.2, 0) is 11.2 Å². The molecule has 0 N–H and O–H groups in total. The van der Waals surface area contributed by atoms with Crippen molar-refractivity contribution in [2.45, 2.75) is 44.6 Å². The van der Waals surface area contributed by atoms with Gasteiger partial charge in [-0.1, -0.05) is 6.08 Å². The molecule has 2 rings (SSSR count). The molecular weight excluding hydrogens is 284 g/mol. The summed E-state index contributed by atoms with van der Waals surface area (Å²) in [6.07, 6.45) is 7.88. The molecule has 1 aliphatic carbocycles. The Bertz CT molecular complexity index is 534. The average Bonchev–Trinajstić information content (AvgIpc) is 2.51. The number of hydrogen-bond donors (Lipinski definition) is 0. The second-order valence-electron chi connectivity index (χ2n) is 5.85. The third-order valence-corrected chi connectivity index (χ3v) is 4.30. The zero-order chi connectivity index (χ0) is 15.9. The average molecular weight is 305 g/mol. The summed E-state index contributed by atoms with van der Waals surface area (Å²) in [5.74, 6) is -0.955. The number of benzene rings is 1. The van der Waals surface area contributed by atoms with E-state index in [-0.39, 0.29) is 0 Å². The number of ether oxygens (including phenoxy) is 1. The molecule has 0 heterocycles. The molecule has 118 valence electrons. The van der Waals surface area contributed by atoms with E-state index in [2.05, 4.69) is 6.58 Å².